The van der Waals surface area contributed by atoms with Gasteiger partial charge in [0.1, 0.15) is 0 Å². The van der Waals surface area contributed by atoms with Crippen molar-refractivity contribution in [3.8, 4) is 0 Å². The van der Waals surface area contributed by atoms with Crippen LogP contribution in [-0.4, -0.2) is 80.1 Å². The SMILES string of the molecule is C[C@@H](CN)NC(=O)C1CC(=O)N(CCN2CCOCC2)C1. The molecule has 2 saturated heterocycles. The molecular formula is C14H26N4O3. The van der Waals surface area contributed by atoms with Gasteiger partial charge in [0.25, 0.3) is 0 Å². The molecule has 21 heavy (non-hydrogen) atoms. The Morgan fingerprint density at radius 2 is 2.14 bits per heavy atom. The van der Waals surface area contributed by atoms with Crippen LogP contribution in [0.2, 0.25) is 0 Å². The van der Waals surface area contributed by atoms with Crippen LogP contribution in [0.4, 0.5) is 0 Å². The Morgan fingerprint density at radius 3 is 2.81 bits per heavy atom. The fourth-order valence-corrected chi connectivity index (χ4v) is 2.67. The highest BCUT2D eigenvalue weighted by molar-refractivity contribution is 5.89. The number of morpholine rings is 1. The summed E-state index contributed by atoms with van der Waals surface area (Å²) in [5.74, 6) is -0.227. The molecule has 2 heterocycles. The Hall–Kier alpha value is -1.18. The van der Waals surface area contributed by atoms with E-state index in [0.29, 0.717) is 26.1 Å². The van der Waals surface area contributed by atoms with Crippen LogP contribution in [0.15, 0.2) is 0 Å². The van der Waals surface area contributed by atoms with Crippen molar-refractivity contribution in [3.05, 3.63) is 0 Å². The molecule has 0 radical (unpaired) electrons. The van der Waals surface area contributed by atoms with Gasteiger partial charge in [-0.15, -0.1) is 0 Å². The second-order valence-corrected chi connectivity index (χ2v) is 5.84. The molecule has 0 aromatic rings. The van der Waals surface area contributed by atoms with Gasteiger partial charge in [0.15, 0.2) is 0 Å². The molecule has 2 atom stereocenters. The predicted octanol–water partition coefficient (Wildman–Crippen LogP) is -1.37. The van der Waals surface area contributed by atoms with E-state index >= 15 is 0 Å². The number of nitrogens with zero attached hydrogens (tertiary/aromatic N) is 2. The molecule has 7 heteroatoms. The van der Waals surface area contributed by atoms with Gasteiger partial charge in [-0.25, -0.2) is 0 Å². The third kappa shape index (κ3) is 4.66. The summed E-state index contributed by atoms with van der Waals surface area (Å²) in [5, 5.41) is 2.85. The molecule has 3 N–H and O–H groups in total. The largest absolute Gasteiger partial charge is 0.379 e. The van der Waals surface area contributed by atoms with Crippen LogP contribution >= 0.6 is 0 Å². The van der Waals surface area contributed by atoms with E-state index in [0.717, 1.165) is 32.8 Å². The summed E-state index contributed by atoms with van der Waals surface area (Å²) in [4.78, 5) is 28.1. The maximum absolute atomic E-state index is 12.0. The van der Waals surface area contributed by atoms with Crippen LogP contribution in [0.5, 0.6) is 0 Å². The van der Waals surface area contributed by atoms with Gasteiger partial charge in [-0.1, -0.05) is 0 Å². The minimum Gasteiger partial charge on any atom is -0.379 e. The lowest BCUT2D eigenvalue weighted by Gasteiger charge is -2.28. The van der Waals surface area contributed by atoms with Gasteiger partial charge in [0.05, 0.1) is 19.1 Å². The summed E-state index contributed by atoms with van der Waals surface area (Å²) < 4.78 is 5.30. The molecule has 2 amide bonds. The molecule has 2 fully saturated rings. The van der Waals surface area contributed by atoms with Crippen molar-refractivity contribution in [1.29, 1.82) is 0 Å². The minimum absolute atomic E-state index is 0.0463. The number of hydrogen-bond acceptors (Lipinski definition) is 5. The maximum atomic E-state index is 12.0. The van der Waals surface area contributed by atoms with Crippen LogP contribution in [0.25, 0.3) is 0 Å². The molecule has 0 aliphatic carbocycles. The smallest absolute Gasteiger partial charge is 0.225 e. The lowest BCUT2D eigenvalue weighted by molar-refractivity contribution is -0.129. The number of carbonyl (C=O) groups is 2. The highest BCUT2D eigenvalue weighted by Gasteiger charge is 2.34. The molecule has 0 aromatic heterocycles. The predicted molar refractivity (Wildman–Crippen MR) is 78.6 cm³/mol. The second-order valence-electron chi connectivity index (χ2n) is 5.84. The number of rotatable bonds is 6. The van der Waals surface area contributed by atoms with Gasteiger partial charge in [0.2, 0.25) is 11.8 Å². The van der Waals surface area contributed by atoms with Crippen molar-refractivity contribution >= 4 is 11.8 Å². The highest BCUT2D eigenvalue weighted by atomic mass is 16.5. The minimum atomic E-state index is -0.240. The topological polar surface area (TPSA) is 87.9 Å². The van der Waals surface area contributed by atoms with Crippen LogP contribution < -0.4 is 11.1 Å². The number of carbonyl (C=O) groups excluding carboxylic acids is 2. The van der Waals surface area contributed by atoms with E-state index in [1.54, 1.807) is 4.90 Å². The van der Waals surface area contributed by atoms with Crippen molar-refractivity contribution in [2.45, 2.75) is 19.4 Å². The van der Waals surface area contributed by atoms with E-state index in [9.17, 15) is 9.59 Å². The van der Waals surface area contributed by atoms with E-state index in [-0.39, 0.29) is 23.8 Å². The molecule has 0 bridgehead atoms. The van der Waals surface area contributed by atoms with Gasteiger partial charge in [-0.05, 0) is 6.92 Å². The quantitative estimate of drug-likeness (QED) is 0.632. The fourth-order valence-electron chi connectivity index (χ4n) is 2.67. The monoisotopic (exact) mass is 298 g/mol. The van der Waals surface area contributed by atoms with E-state index in [4.69, 9.17) is 10.5 Å². The van der Waals surface area contributed by atoms with Crippen molar-refractivity contribution < 1.29 is 14.3 Å². The zero-order valence-corrected chi connectivity index (χ0v) is 12.7. The van der Waals surface area contributed by atoms with Crippen LogP contribution in [-0.2, 0) is 14.3 Å². The molecule has 1 unspecified atom stereocenters. The lowest BCUT2D eigenvalue weighted by atomic mass is 10.1. The number of nitrogens with one attached hydrogen (secondary N) is 1. The third-order valence-corrected chi connectivity index (χ3v) is 4.12. The van der Waals surface area contributed by atoms with E-state index < -0.39 is 0 Å². The first-order valence-corrected chi connectivity index (χ1v) is 7.68. The average molecular weight is 298 g/mol. The first-order chi connectivity index (χ1) is 10.1. The van der Waals surface area contributed by atoms with Gasteiger partial charge in [-0.3, -0.25) is 14.5 Å². The Kier molecular flexibility index (Phi) is 5.96. The van der Waals surface area contributed by atoms with Gasteiger partial charge in [0, 0.05) is 51.7 Å². The number of amides is 2. The van der Waals surface area contributed by atoms with E-state index in [1.807, 2.05) is 6.92 Å². The Morgan fingerprint density at radius 1 is 1.43 bits per heavy atom. The summed E-state index contributed by atoms with van der Waals surface area (Å²) >= 11 is 0. The number of nitrogens with two attached hydrogens (primary N) is 1. The summed E-state index contributed by atoms with van der Waals surface area (Å²) in [5.41, 5.74) is 5.50. The van der Waals surface area contributed by atoms with E-state index in [1.165, 1.54) is 0 Å². The zero-order valence-electron chi connectivity index (χ0n) is 12.7. The van der Waals surface area contributed by atoms with Gasteiger partial charge < -0.3 is 20.7 Å². The standard InChI is InChI=1S/C14H26N4O3/c1-11(9-15)16-14(20)12-8-13(19)18(10-12)3-2-17-4-6-21-7-5-17/h11-12H,2-10,15H2,1H3,(H,16,20)/t11-,12?/m0/s1. The van der Waals surface area contributed by atoms with Crippen molar-refractivity contribution in [3.63, 3.8) is 0 Å². The molecule has 0 spiro atoms. The molecule has 2 aliphatic heterocycles. The molecule has 120 valence electrons. The fraction of sp³-hybridized carbons (Fsp3) is 0.857. The number of ether oxygens (including phenoxy) is 1. The third-order valence-electron chi connectivity index (χ3n) is 4.12. The molecule has 2 rings (SSSR count). The first kappa shape index (κ1) is 16.2. The summed E-state index contributed by atoms with van der Waals surface area (Å²) in [6.45, 7) is 7.69. The van der Waals surface area contributed by atoms with E-state index in [2.05, 4.69) is 10.2 Å². The first-order valence-electron chi connectivity index (χ1n) is 7.68. The molecule has 0 saturated carbocycles. The van der Waals surface area contributed by atoms with Gasteiger partial charge >= 0.3 is 0 Å². The van der Waals surface area contributed by atoms with Crippen molar-refractivity contribution in [1.82, 2.24) is 15.1 Å². The van der Waals surface area contributed by atoms with Crippen molar-refractivity contribution in [2.75, 3.05) is 52.5 Å². The highest BCUT2D eigenvalue weighted by Crippen LogP contribution is 2.18. The van der Waals surface area contributed by atoms with Crippen LogP contribution in [0.1, 0.15) is 13.3 Å². The lowest BCUT2D eigenvalue weighted by Crippen LogP contribution is -2.43. The average Bonchev–Trinajstić information content (AvgIpc) is 2.87. The molecular weight excluding hydrogens is 272 g/mol. The molecule has 2 aliphatic rings. The van der Waals surface area contributed by atoms with Crippen molar-refractivity contribution in [2.24, 2.45) is 11.7 Å². The summed E-state index contributed by atoms with van der Waals surface area (Å²) in [7, 11) is 0. The second kappa shape index (κ2) is 7.72. The number of likely N-dealkylation sites (tertiary alicyclic amines) is 1. The van der Waals surface area contributed by atoms with Crippen LogP contribution in [0, 0.1) is 5.92 Å². The Labute approximate surface area is 125 Å². The molecule has 7 nitrogen and oxygen atoms in total. The normalized spacial score (nSPS) is 25.1. The van der Waals surface area contributed by atoms with Crippen LogP contribution in [0.3, 0.4) is 0 Å². The summed E-state index contributed by atoms with van der Waals surface area (Å²) in [6, 6.07) is -0.0463. The Balaban J connectivity index is 1.75. The molecule has 0 aromatic carbocycles. The van der Waals surface area contributed by atoms with Gasteiger partial charge in [-0.2, -0.15) is 0 Å². The number of hydrogen-bond donors (Lipinski definition) is 2. The Bertz CT molecular complexity index is 371. The summed E-state index contributed by atoms with van der Waals surface area (Å²) in [6.07, 6.45) is 0.312. The maximum Gasteiger partial charge on any atom is 0.225 e. The zero-order chi connectivity index (χ0) is 15.2.